The number of furan rings is 1. The molecule has 1 heterocycles. The summed E-state index contributed by atoms with van der Waals surface area (Å²) in [4.78, 5) is 12.1. The van der Waals surface area contributed by atoms with Crippen LogP contribution in [0.2, 0.25) is 0 Å². The second kappa shape index (κ2) is 4.88. The van der Waals surface area contributed by atoms with Gasteiger partial charge in [0.2, 0.25) is 0 Å². The average molecular weight is 286 g/mol. The number of hydrogen-bond donors (Lipinski definition) is 0. The zero-order chi connectivity index (χ0) is 15.1. The lowest BCUT2D eigenvalue weighted by atomic mass is 9.97. The zero-order valence-electron chi connectivity index (χ0n) is 12.1. The smallest absolute Gasteiger partial charge is 0.338 e. The highest BCUT2D eigenvalue weighted by Gasteiger charge is 2.20. The summed E-state index contributed by atoms with van der Waals surface area (Å²) in [6, 6.07) is 6.22. The molecule has 0 spiro atoms. The van der Waals surface area contributed by atoms with Crippen molar-refractivity contribution in [3.63, 3.8) is 0 Å². The van der Waals surface area contributed by atoms with E-state index in [1.807, 2.05) is 13.8 Å². The number of ether oxygens (including phenoxy) is 1. The maximum absolute atomic E-state index is 13.3. The Morgan fingerprint density at radius 1 is 1.24 bits per heavy atom. The molecule has 0 aliphatic heterocycles. The minimum absolute atomic E-state index is 0.326. The van der Waals surface area contributed by atoms with E-state index in [9.17, 15) is 9.18 Å². The Morgan fingerprint density at radius 2 is 2.00 bits per heavy atom. The Morgan fingerprint density at radius 3 is 2.71 bits per heavy atom. The first-order chi connectivity index (χ1) is 10.0. The number of rotatable bonds is 2. The van der Waals surface area contributed by atoms with Crippen LogP contribution >= 0.6 is 0 Å². The standard InChI is InChI=1S/C17H15FO3/c1-4-20-17(19)15-9(2)7-14-16(10(15)3)12-6-5-11(18)8-13(12)21-14/h5-8H,4H2,1-3H3. The third kappa shape index (κ3) is 2.07. The topological polar surface area (TPSA) is 39.4 Å². The maximum Gasteiger partial charge on any atom is 0.338 e. The zero-order valence-corrected chi connectivity index (χ0v) is 12.1. The number of benzene rings is 2. The van der Waals surface area contributed by atoms with Gasteiger partial charge in [-0.1, -0.05) is 0 Å². The monoisotopic (exact) mass is 286 g/mol. The molecule has 0 aliphatic rings. The highest BCUT2D eigenvalue weighted by molar-refractivity contribution is 6.10. The first kappa shape index (κ1) is 13.6. The molecule has 0 unspecified atom stereocenters. The Kier molecular flexibility index (Phi) is 3.16. The fourth-order valence-corrected chi connectivity index (χ4v) is 2.78. The molecule has 2 aromatic carbocycles. The van der Waals surface area contributed by atoms with Crippen LogP contribution in [0, 0.1) is 19.7 Å². The van der Waals surface area contributed by atoms with E-state index in [1.165, 1.54) is 12.1 Å². The molecule has 0 atom stereocenters. The van der Waals surface area contributed by atoms with Gasteiger partial charge >= 0.3 is 5.97 Å². The van der Waals surface area contributed by atoms with Crippen LogP contribution in [0.1, 0.15) is 28.4 Å². The van der Waals surface area contributed by atoms with Crippen LogP contribution in [0.4, 0.5) is 4.39 Å². The van der Waals surface area contributed by atoms with E-state index >= 15 is 0 Å². The minimum atomic E-state index is -0.346. The Bertz CT molecular complexity index is 861. The van der Waals surface area contributed by atoms with Gasteiger partial charge in [-0.25, -0.2) is 9.18 Å². The van der Waals surface area contributed by atoms with Crippen LogP contribution in [0.5, 0.6) is 0 Å². The van der Waals surface area contributed by atoms with E-state index in [4.69, 9.17) is 9.15 Å². The number of carbonyl (C=O) groups excluding carboxylic acids is 1. The van der Waals surface area contributed by atoms with Crippen molar-refractivity contribution in [3.05, 3.63) is 46.8 Å². The molecular formula is C17H15FO3. The number of hydrogen-bond acceptors (Lipinski definition) is 3. The Balaban J connectivity index is 2.37. The first-order valence-electron chi connectivity index (χ1n) is 6.82. The van der Waals surface area contributed by atoms with Crippen molar-refractivity contribution in [2.75, 3.05) is 6.61 Å². The molecule has 0 fully saturated rings. The lowest BCUT2D eigenvalue weighted by molar-refractivity contribution is 0.0525. The lowest BCUT2D eigenvalue weighted by Crippen LogP contribution is -2.09. The summed E-state index contributed by atoms with van der Waals surface area (Å²) < 4.78 is 24.1. The van der Waals surface area contributed by atoms with Gasteiger partial charge in [-0.05, 0) is 50.1 Å². The van der Waals surface area contributed by atoms with Crippen LogP contribution in [0.3, 0.4) is 0 Å². The molecule has 0 saturated heterocycles. The number of carbonyl (C=O) groups is 1. The molecule has 3 nitrogen and oxygen atoms in total. The average Bonchev–Trinajstić information content (AvgIpc) is 2.75. The molecule has 1 aromatic heterocycles. The van der Waals surface area contributed by atoms with Gasteiger partial charge in [0.15, 0.2) is 0 Å². The summed E-state index contributed by atoms with van der Waals surface area (Å²) in [6.07, 6.45) is 0. The number of esters is 1. The second-order valence-electron chi connectivity index (χ2n) is 5.03. The number of aryl methyl sites for hydroxylation is 2. The summed E-state index contributed by atoms with van der Waals surface area (Å²) in [5.74, 6) is -0.688. The van der Waals surface area contributed by atoms with Crippen LogP contribution in [-0.4, -0.2) is 12.6 Å². The van der Waals surface area contributed by atoms with E-state index < -0.39 is 0 Å². The molecule has 0 bridgehead atoms. The molecule has 0 aliphatic carbocycles. The molecule has 21 heavy (non-hydrogen) atoms. The quantitative estimate of drug-likeness (QED) is 0.650. The summed E-state index contributed by atoms with van der Waals surface area (Å²) >= 11 is 0. The first-order valence-corrected chi connectivity index (χ1v) is 6.82. The van der Waals surface area contributed by atoms with Gasteiger partial charge in [0.25, 0.3) is 0 Å². The van der Waals surface area contributed by atoms with Gasteiger partial charge in [-0.2, -0.15) is 0 Å². The predicted octanol–water partition coefficient (Wildman–Crippen LogP) is 4.52. The molecule has 3 rings (SSSR count). The molecule has 0 amide bonds. The van der Waals surface area contributed by atoms with Crippen LogP contribution in [0.15, 0.2) is 28.7 Å². The molecule has 0 radical (unpaired) electrons. The highest BCUT2D eigenvalue weighted by atomic mass is 19.1. The minimum Gasteiger partial charge on any atom is -0.462 e. The van der Waals surface area contributed by atoms with Crippen LogP contribution in [-0.2, 0) is 4.74 Å². The van der Waals surface area contributed by atoms with Gasteiger partial charge in [0.05, 0.1) is 12.2 Å². The second-order valence-corrected chi connectivity index (χ2v) is 5.03. The molecule has 0 saturated carbocycles. The largest absolute Gasteiger partial charge is 0.462 e. The fourth-order valence-electron chi connectivity index (χ4n) is 2.78. The SMILES string of the molecule is CCOC(=O)c1c(C)cc2oc3cc(F)ccc3c2c1C. The van der Waals surface area contributed by atoms with Gasteiger partial charge < -0.3 is 9.15 Å². The van der Waals surface area contributed by atoms with E-state index in [2.05, 4.69) is 0 Å². The van der Waals surface area contributed by atoms with E-state index in [-0.39, 0.29) is 11.8 Å². The van der Waals surface area contributed by atoms with Crippen LogP contribution < -0.4 is 0 Å². The third-order valence-electron chi connectivity index (χ3n) is 3.65. The lowest BCUT2D eigenvalue weighted by Gasteiger charge is -2.09. The van der Waals surface area contributed by atoms with Gasteiger partial charge in [-0.15, -0.1) is 0 Å². The van der Waals surface area contributed by atoms with Gasteiger partial charge in [0.1, 0.15) is 17.0 Å². The number of fused-ring (bicyclic) bond motifs is 3. The summed E-state index contributed by atoms with van der Waals surface area (Å²) in [6.45, 7) is 5.80. The predicted molar refractivity (Wildman–Crippen MR) is 79.1 cm³/mol. The summed E-state index contributed by atoms with van der Waals surface area (Å²) in [7, 11) is 0. The maximum atomic E-state index is 13.3. The summed E-state index contributed by atoms with van der Waals surface area (Å²) in [5.41, 5.74) is 3.27. The van der Waals surface area contributed by atoms with E-state index in [0.717, 1.165) is 21.9 Å². The van der Waals surface area contributed by atoms with Crippen molar-refractivity contribution in [2.45, 2.75) is 20.8 Å². The molecule has 3 aromatic rings. The normalized spacial score (nSPS) is 11.2. The fraction of sp³-hybridized carbons (Fsp3) is 0.235. The number of halogens is 1. The van der Waals surface area contributed by atoms with Crippen molar-refractivity contribution in [2.24, 2.45) is 0 Å². The van der Waals surface area contributed by atoms with Crippen molar-refractivity contribution in [3.8, 4) is 0 Å². The van der Waals surface area contributed by atoms with Crippen molar-refractivity contribution in [1.82, 2.24) is 0 Å². The molecule has 0 N–H and O–H groups in total. The van der Waals surface area contributed by atoms with Gasteiger partial charge in [0, 0.05) is 16.8 Å². The van der Waals surface area contributed by atoms with Gasteiger partial charge in [-0.3, -0.25) is 0 Å². The van der Waals surface area contributed by atoms with Crippen molar-refractivity contribution in [1.29, 1.82) is 0 Å². The van der Waals surface area contributed by atoms with E-state index in [1.54, 1.807) is 19.1 Å². The highest BCUT2D eigenvalue weighted by Crippen LogP contribution is 2.34. The molecule has 108 valence electrons. The van der Waals surface area contributed by atoms with Crippen molar-refractivity contribution >= 4 is 27.9 Å². The van der Waals surface area contributed by atoms with E-state index in [0.29, 0.717) is 23.3 Å². The Labute approximate surface area is 121 Å². The van der Waals surface area contributed by atoms with Crippen LogP contribution in [0.25, 0.3) is 21.9 Å². The molecule has 4 heteroatoms. The van der Waals surface area contributed by atoms with Crippen molar-refractivity contribution < 1.29 is 18.3 Å². The Hall–Kier alpha value is -2.36. The summed E-state index contributed by atoms with van der Waals surface area (Å²) in [5, 5.41) is 1.63. The third-order valence-corrected chi connectivity index (χ3v) is 3.65. The molecular weight excluding hydrogens is 271 g/mol.